The molecule has 14 aromatic rings. The lowest BCUT2D eigenvalue weighted by Crippen LogP contribution is -2.02. The molecule has 3 heterocycles. The molecule has 5 nitrogen and oxygen atoms in total. The number of nitrogens with zero attached hydrogens (tertiary/aromatic N) is 5. The molecule has 0 N–H and O–H groups in total. The van der Waals surface area contributed by atoms with Crippen molar-refractivity contribution in [1.82, 2.24) is 24.1 Å². The van der Waals surface area contributed by atoms with E-state index in [1.165, 1.54) is 43.7 Å². The van der Waals surface area contributed by atoms with Gasteiger partial charge in [0.25, 0.3) is 0 Å². The summed E-state index contributed by atoms with van der Waals surface area (Å²) in [4.78, 5) is 15.7. The van der Waals surface area contributed by atoms with Gasteiger partial charge in [-0.15, -0.1) is 0 Å². The molecule has 0 saturated carbocycles. The van der Waals surface area contributed by atoms with E-state index in [4.69, 9.17) is 15.0 Å². The van der Waals surface area contributed by atoms with E-state index in [1.54, 1.807) is 0 Å². The van der Waals surface area contributed by atoms with Crippen molar-refractivity contribution in [3.63, 3.8) is 0 Å². The molecule has 0 unspecified atom stereocenters. The minimum atomic E-state index is 0.599. The molecule has 0 aliphatic heterocycles. The van der Waals surface area contributed by atoms with Crippen LogP contribution >= 0.6 is 0 Å². The molecule has 0 radical (unpaired) electrons. The molecule has 0 saturated heterocycles. The van der Waals surface area contributed by atoms with Crippen LogP contribution in [0.1, 0.15) is 0 Å². The van der Waals surface area contributed by atoms with Gasteiger partial charge in [0.15, 0.2) is 17.5 Å². The number of rotatable bonds is 9. The van der Waals surface area contributed by atoms with Crippen LogP contribution in [-0.4, -0.2) is 24.1 Å². The van der Waals surface area contributed by atoms with Crippen LogP contribution in [-0.2, 0) is 0 Å². The number of aromatic nitrogens is 5. The number of benzene rings is 11. The second kappa shape index (κ2) is 18.0. The molecule has 14 rings (SSSR count). The van der Waals surface area contributed by atoms with E-state index in [1.807, 2.05) is 18.2 Å². The van der Waals surface area contributed by atoms with Crippen LogP contribution in [0.3, 0.4) is 0 Å². The van der Waals surface area contributed by atoms with Crippen LogP contribution in [0.5, 0.6) is 0 Å². The maximum absolute atomic E-state index is 5.31. The topological polar surface area (TPSA) is 48.5 Å². The summed E-state index contributed by atoms with van der Waals surface area (Å²) in [7, 11) is 0. The predicted octanol–water partition coefficient (Wildman–Crippen LogP) is 17.7. The normalized spacial score (nSPS) is 11.5. The summed E-state index contributed by atoms with van der Waals surface area (Å²) in [5.74, 6) is 1.82. The van der Waals surface area contributed by atoms with Gasteiger partial charge in [0.1, 0.15) is 0 Å². The minimum Gasteiger partial charge on any atom is -0.309 e. The minimum absolute atomic E-state index is 0.599. The van der Waals surface area contributed by atoms with Crippen LogP contribution in [0.2, 0.25) is 0 Å². The molecule has 0 amide bonds. The van der Waals surface area contributed by atoms with Crippen LogP contribution < -0.4 is 0 Å². The Balaban J connectivity index is 0.885. The Hall–Kier alpha value is -9.97. The Bertz CT molecular complexity index is 4300. The van der Waals surface area contributed by atoms with Crippen LogP contribution in [0.4, 0.5) is 0 Å². The first kappa shape index (κ1) is 42.9. The molecular formula is C69H45N5. The molecule has 0 atom stereocenters. The van der Waals surface area contributed by atoms with Gasteiger partial charge in [-0.1, -0.05) is 224 Å². The molecule has 0 fully saturated rings. The van der Waals surface area contributed by atoms with Crippen LogP contribution in [0.15, 0.2) is 273 Å². The predicted molar refractivity (Wildman–Crippen MR) is 307 cm³/mol. The first-order valence-electron chi connectivity index (χ1n) is 25.1. The van der Waals surface area contributed by atoms with Crippen LogP contribution in [0, 0.1) is 0 Å². The maximum Gasteiger partial charge on any atom is 0.164 e. The molecule has 0 aliphatic carbocycles. The highest BCUT2D eigenvalue weighted by molar-refractivity contribution is 6.11. The highest BCUT2D eigenvalue weighted by Crippen LogP contribution is 2.41. The lowest BCUT2D eigenvalue weighted by atomic mass is 9.95. The standard InChI is InChI=1S/C69H45N5/c1-4-19-46(20-5-1)52-40-42-65(73-61-31-14-10-27-56(61)57-28-11-15-32-62(57)73)60(44-52)49-37-35-47(36-38-49)51-25-18-26-53(43-51)68-70-67(50-23-8-3-9-24-50)71-69(72-68)54-39-41-55(48-21-6-2-7-22-48)66(45-54)74-63-33-16-12-29-58(63)59-30-13-17-34-64(59)74/h1-45H. The van der Waals surface area contributed by atoms with Gasteiger partial charge in [0, 0.05) is 49.4 Å². The lowest BCUT2D eigenvalue weighted by Gasteiger charge is -2.17. The van der Waals surface area contributed by atoms with E-state index < -0.39 is 0 Å². The van der Waals surface area contributed by atoms with E-state index in [0.717, 1.165) is 72.5 Å². The Labute approximate surface area is 428 Å². The van der Waals surface area contributed by atoms with Gasteiger partial charge < -0.3 is 9.13 Å². The van der Waals surface area contributed by atoms with Gasteiger partial charge in [-0.25, -0.2) is 15.0 Å². The summed E-state index contributed by atoms with van der Waals surface area (Å²) in [5.41, 5.74) is 18.6. The number of hydrogen-bond acceptors (Lipinski definition) is 3. The lowest BCUT2D eigenvalue weighted by molar-refractivity contribution is 1.07. The maximum atomic E-state index is 5.31. The second-order valence-electron chi connectivity index (χ2n) is 18.8. The number of hydrogen-bond donors (Lipinski definition) is 0. The number of fused-ring (bicyclic) bond motifs is 6. The molecular weight excluding hydrogens is 899 g/mol. The Kier molecular flexibility index (Phi) is 10.4. The largest absolute Gasteiger partial charge is 0.309 e. The Morgan fingerprint density at radius 2 is 0.554 bits per heavy atom. The third-order valence-corrected chi connectivity index (χ3v) is 14.4. The summed E-state index contributed by atoms with van der Waals surface area (Å²) in [6.07, 6.45) is 0. The molecule has 5 heteroatoms. The smallest absolute Gasteiger partial charge is 0.164 e. The SMILES string of the molecule is c1ccc(-c2ccc(-n3c4ccccc4c4ccccc43)c(-c3ccc(-c4cccc(-c5nc(-c6ccccc6)nc(-c6ccc(-c7ccccc7)c(-n7c8ccccc8c8ccccc87)c6)n5)c4)cc3)c2)cc1. The quantitative estimate of drug-likeness (QED) is 0.145. The summed E-state index contributed by atoms with van der Waals surface area (Å²) in [5, 5.41) is 4.89. The zero-order valence-corrected chi connectivity index (χ0v) is 40.2. The van der Waals surface area contributed by atoms with Crippen molar-refractivity contribution >= 4 is 43.6 Å². The molecule has 0 bridgehead atoms. The van der Waals surface area contributed by atoms with Crippen molar-refractivity contribution in [2.75, 3.05) is 0 Å². The highest BCUT2D eigenvalue weighted by atomic mass is 15.0. The fourth-order valence-electron chi connectivity index (χ4n) is 10.9. The second-order valence-corrected chi connectivity index (χ2v) is 18.8. The van der Waals surface area contributed by atoms with E-state index in [-0.39, 0.29) is 0 Å². The van der Waals surface area contributed by atoms with E-state index in [2.05, 4.69) is 264 Å². The fourth-order valence-corrected chi connectivity index (χ4v) is 10.9. The number of para-hydroxylation sites is 4. The van der Waals surface area contributed by atoms with Crippen molar-refractivity contribution < 1.29 is 0 Å². The van der Waals surface area contributed by atoms with E-state index in [9.17, 15) is 0 Å². The monoisotopic (exact) mass is 943 g/mol. The van der Waals surface area contributed by atoms with Gasteiger partial charge in [-0.3, -0.25) is 0 Å². The Morgan fingerprint density at radius 1 is 0.203 bits per heavy atom. The third-order valence-electron chi connectivity index (χ3n) is 14.4. The van der Waals surface area contributed by atoms with Gasteiger partial charge in [-0.2, -0.15) is 0 Å². The van der Waals surface area contributed by atoms with Gasteiger partial charge in [-0.05, 0) is 81.9 Å². The molecule has 11 aromatic carbocycles. The van der Waals surface area contributed by atoms with Crippen molar-refractivity contribution in [2.45, 2.75) is 0 Å². The van der Waals surface area contributed by atoms with Gasteiger partial charge in [0.2, 0.25) is 0 Å². The Morgan fingerprint density at radius 3 is 1.11 bits per heavy atom. The average Bonchev–Trinajstić information content (AvgIpc) is 4.00. The molecule has 74 heavy (non-hydrogen) atoms. The van der Waals surface area contributed by atoms with Gasteiger partial charge >= 0.3 is 0 Å². The average molecular weight is 944 g/mol. The van der Waals surface area contributed by atoms with Crippen molar-refractivity contribution in [3.05, 3.63) is 273 Å². The van der Waals surface area contributed by atoms with Crippen molar-refractivity contribution in [1.29, 1.82) is 0 Å². The molecule has 0 spiro atoms. The summed E-state index contributed by atoms with van der Waals surface area (Å²) >= 11 is 0. The van der Waals surface area contributed by atoms with Gasteiger partial charge in [0.05, 0.1) is 33.4 Å². The van der Waals surface area contributed by atoms with E-state index in [0.29, 0.717) is 17.5 Å². The zero-order valence-electron chi connectivity index (χ0n) is 40.2. The molecule has 0 aliphatic rings. The fraction of sp³-hybridized carbons (Fsp3) is 0. The summed E-state index contributed by atoms with van der Waals surface area (Å²) in [6, 6.07) is 97.2. The van der Waals surface area contributed by atoms with E-state index >= 15 is 0 Å². The highest BCUT2D eigenvalue weighted by Gasteiger charge is 2.21. The first-order chi connectivity index (χ1) is 36.7. The molecule has 346 valence electrons. The van der Waals surface area contributed by atoms with Crippen molar-refractivity contribution in [2.24, 2.45) is 0 Å². The first-order valence-corrected chi connectivity index (χ1v) is 25.1. The zero-order chi connectivity index (χ0) is 49.0. The molecule has 3 aromatic heterocycles. The third kappa shape index (κ3) is 7.46. The van der Waals surface area contributed by atoms with Crippen LogP contribution in [0.25, 0.3) is 134 Å². The summed E-state index contributed by atoms with van der Waals surface area (Å²) in [6.45, 7) is 0. The summed E-state index contributed by atoms with van der Waals surface area (Å²) < 4.78 is 4.80. The van der Waals surface area contributed by atoms with Crippen molar-refractivity contribution in [3.8, 4) is 90.0 Å².